The standard InChI is InChI=1S/C13H18FNO2/c1-13(2,14)10-5-3-9(4-6-10)11(15)7-8-12(16)17/h3-6,11H,7-8,15H2,1-2H3,(H,16,17). The summed E-state index contributed by atoms with van der Waals surface area (Å²) in [5, 5.41) is 8.55. The molecule has 0 radical (unpaired) electrons. The molecule has 0 bridgehead atoms. The van der Waals surface area contributed by atoms with E-state index < -0.39 is 11.6 Å². The summed E-state index contributed by atoms with van der Waals surface area (Å²) in [6.45, 7) is 2.98. The van der Waals surface area contributed by atoms with Crippen molar-refractivity contribution in [3.63, 3.8) is 0 Å². The summed E-state index contributed by atoms with van der Waals surface area (Å²) < 4.78 is 13.6. The lowest BCUT2D eigenvalue weighted by Gasteiger charge is -2.16. The van der Waals surface area contributed by atoms with E-state index in [4.69, 9.17) is 10.8 Å². The van der Waals surface area contributed by atoms with Gasteiger partial charge in [-0.1, -0.05) is 24.3 Å². The predicted octanol–water partition coefficient (Wildman–Crippen LogP) is 2.76. The van der Waals surface area contributed by atoms with Crippen molar-refractivity contribution in [2.24, 2.45) is 5.73 Å². The molecule has 0 saturated carbocycles. The zero-order valence-corrected chi connectivity index (χ0v) is 10.1. The van der Waals surface area contributed by atoms with Crippen LogP contribution in [0.2, 0.25) is 0 Å². The summed E-state index contributed by atoms with van der Waals surface area (Å²) in [5.74, 6) is -0.859. The van der Waals surface area contributed by atoms with Gasteiger partial charge in [0.05, 0.1) is 0 Å². The fourth-order valence-electron chi connectivity index (χ4n) is 1.57. The van der Waals surface area contributed by atoms with Crippen LogP contribution in [0.25, 0.3) is 0 Å². The van der Waals surface area contributed by atoms with Crippen molar-refractivity contribution in [2.45, 2.75) is 38.4 Å². The second-order valence-corrected chi connectivity index (χ2v) is 4.63. The maximum atomic E-state index is 13.6. The Bertz CT molecular complexity index is 381. The van der Waals surface area contributed by atoms with Crippen molar-refractivity contribution < 1.29 is 14.3 Å². The second kappa shape index (κ2) is 5.27. The topological polar surface area (TPSA) is 63.3 Å². The normalized spacial score (nSPS) is 13.4. The number of benzene rings is 1. The molecule has 1 unspecified atom stereocenters. The van der Waals surface area contributed by atoms with Gasteiger partial charge in [0.2, 0.25) is 0 Å². The third kappa shape index (κ3) is 4.15. The Kier molecular flexibility index (Phi) is 4.23. The average molecular weight is 239 g/mol. The largest absolute Gasteiger partial charge is 0.481 e. The zero-order chi connectivity index (χ0) is 13.1. The third-order valence-corrected chi connectivity index (χ3v) is 2.69. The molecule has 1 aromatic rings. The molecular formula is C13H18FNO2. The van der Waals surface area contributed by atoms with Crippen molar-refractivity contribution in [2.75, 3.05) is 0 Å². The molecule has 0 aliphatic rings. The van der Waals surface area contributed by atoms with Gasteiger partial charge in [-0.05, 0) is 31.4 Å². The molecule has 0 aliphatic carbocycles. The Hall–Kier alpha value is -1.42. The number of halogens is 1. The lowest BCUT2D eigenvalue weighted by atomic mass is 9.96. The van der Waals surface area contributed by atoms with Crippen LogP contribution in [0.4, 0.5) is 4.39 Å². The van der Waals surface area contributed by atoms with Crippen molar-refractivity contribution in [1.29, 1.82) is 0 Å². The molecular weight excluding hydrogens is 221 g/mol. The van der Waals surface area contributed by atoms with Crippen molar-refractivity contribution in [1.82, 2.24) is 0 Å². The number of aliphatic carboxylic acids is 1. The molecule has 3 nitrogen and oxygen atoms in total. The molecule has 94 valence electrons. The van der Waals surface area contributed by atoms with Crippen LogP contribution in [-0.4, -0.2) is 11.1 Å². The Labute approximate surface area is 100 Å². The van der Waals surface area contributed by atoms with Crippen molar-refractivity contribution in [3.05, 3.63) is 35.4 Å². The molecule has 4 heteroatoms. The van der Waals surface area contributed by atoms with Crippen LogP contribution in [0.3, 0.4) is 0 Å². The lowest BCUT2D eigenvalue weighted by Crippen LogP contribution is -2.13. The van der Waals surface area contributed by atoms with E-state index in [0.717, 1.165) is 5.56 Å². The van der Waals surface area contributed by atoms with Crippen molar-refractivity contribution in [3.8, 4) is 0 Å². The molecule has 1 aromatic carbocycles. The number of hydrogen-bond acceptors (Lipinski definition) is 2. The Morgan fingerprint density at radius 1 is 1.41 bits per heavy atom. The number of nitrogens with two attached hydrogens (primary N) is 1. The van der Waals surface area contributed by atoms with E-state index in [9.17, 15) is 9.18 Å². The van der Waals surface area contributed by atoms with Gasteiger partial charge in [0, 0.05) is 12.5 Å². The third-order valence-electron chi connectivity index (χ3n) is 2.69. The van der Waals surface area contributed by atoms with Gasteiger partial charge in [-0.2, -0.15) is 0 Å². The molecule has 0 heterocycles. The SMILES string of the molecule is CC(C)(F)c1ccc(C(N)CCC(=O)O)cc1. The Balaban J connectivity index is 2.70. The van der Waals surface area contributed by atoms with Crippen LogP contribution >= 0.6 is 0 Å². The van der Waals surface area contributed by atoms with Gasteiger partial charge < -0.3 is 10.8 Å². The van der Waals surface area contributed by atoms with E-state index in [1.807, 2.05) is 0 Å². The molecule has 17 heavy (non-hydrogen) atoms. The Morgan fingerprint density at radius 2 is 1.94 bits per heavy atom. The summed E-state index contributed by atoms with van der Waals surface area (Å²) >= 11 is 0. The number of carboxylic acid groups (broad SMARTS) is 1. The fourth-order valence-corrected chi connectivity index (χ4v) is 1.57. The number of carboxylic acids is 1. The van der Waals surface area contributed by atoms with Crippen molar-refractivity contribution >= 4 is 5.97 Å². The van der Waals surface area contributed by atoms with Gasteiger partial charge in [0.15, 0.2) is 0 Å². The molecule has 1 rings (SSSR count). The highest BCUT2D eigenvalue weighted by molar-refractivity contribution is 5.66. The van der Waals surface area contributed by atoms with E-state index >= 15 is 0 Å². The molecule has 3 N–H and O–H groups in total. The maximum absolute atomic E-state index is 13.6. The summed E-state index contributed by atoms with van der Waals surface area (Å²) in [6.07, 6.45) is 0.422. The molecule has 0 fully saturated rings. The van der Waals surface area contributed by atoms with Crippen LogP contribution in [0.15, 0.2) is 24.3 Å². The predicted molar refractivity (Wildman–Crippen MR) is 64.4 cm³/mol. The van der Waals surface area contributed by atoms with E-state index in [2.05, 4.69) is 0 Å². The van der Waals surface area contributed by atoms with Crippen LogP contribution < -0.4 is 5.73 Å². The molecule has 0 aliphatic heterocycles. The van der Waals surface area contributed by atoms with Crippen LogP contribution in [0.5, 0.6) is 0 Å². The number of rotatable bonds is 5. The molecule has 0 saturated heterocycles. The minimum absolute atomic E-state index is 0.0392. The highest BCUT2D eigenvalue weighted by Crippen LogP contribution is 2.26. The van der Waals surface area contributed by atoms with E-state index in [0.29, 0.717) is 12.0 Å². The van der Waals surface area contributed by atoms with Gasteiger partial charge in [-0.25, -0.2) is 4.39 Å². The zero-order valence-electron chi connectivity index (χ0n) is 10.1. The molecule has 1 atom stereocenters. The van der Waals surface area contributed by atoms with E-state index in [1.165, 1.54) is 13.8 Å². The smallest absolute Gasteiger partial charge is 0.303 e. The first kappa shape index (κ1) is 13.6. The average Bonchev–Trinajstić information content (AvgIpc) is 2.25. The quantitative estimate of drug-likeness (QED) is 0.830. The first-order valence-electron chi connectivity index (χ1n) is 5.57. The Morgan fingerprint density at radius 3 is 2.35 bits per heavy atom. The first-order chi connectivity index (χ1) is 7.80. The molecule has 0 aromatic heterocycles. The van der Waals surface area contributed by atoms with Gasteiger partial charge in [-0.15, -0.1) is 0 Å². The minimum atomic E-state index is -1.37. The number of hydrogen-bond donors (Lipinski definition) is 2. The summed E-state index contributed by atoms with van der Waals surface area (Å²) in [4.78, 5) is 10.4. The fraction of sp³-hybridized carbons (Fsp3) is 0.462. The summed E-state index contributed by atoms with van der Waals surface area (Å²) in [7, 11) is 0. The number of alkyl halides is 1. The highest BCUT2D eigenvalue weighted by Gasteiger charge is 2.18. The van der Waals surface area contributed by atoms with Gasteiger partial charge in [0.25, 0.3) is 0 Å². The highest BCUT2D eigenvalue weighted by atomic mass is 19.1. The molecule has 0 spiro atoms. The minimum Gasteiger partial charge on any atom is -0.481 e. The van der Waals surface area contributed by atoms with Crippen LogP contribution in [-0.2, 0) is 10.5 Å². The van der Waals surface area contributed by atoms with E-state index in [1.54, 1.807) is 24.3 Å². The van der Waals surface area contributed by atoms with Crippen LogP contribution in [0, 0.1) is 0 Å². The van der Waals surface area contributed by atoms with Gasteiger partial charge in [-0.3, -0.25) is 4.79 Å². The van der Waals surface area contributed by atoms with Gasteiger partial charge >= 0.3 is 5.97 Å². The lowest BCUT2D eigenvalue weighted by molar-refractivity contribution is -0.137. The molecule has 0 amide bonds. The first-order valence-corrected chi connectivity index (χ1v) is 5.57. The van der Waals surface area contributed by atoms with Gasteiger partial charge in [0.1, 0.15) is 5.67 Å². The van der Waals surface area contributed by atoms with Crippen LogP contribution in [0.1, 0.15) is 43.9 Å². The summed E-state index contributed by atoms with van der Waals surface area (Å²) in [5.41, 5.74) is 5.90. The maximum Gasteiger partial charge on any atom is 0.303 e. The van der Waals surface area contributed by atoms with E-state index in [-0.39, 0.29) is 12.5 Å². The monoisotopic (exact) mass is 239 g/mol. The second-order valence-electron chi connectivity index (χ2n) is 4.63. The summed E-state index contributed by atoms with van der Waals surface area (Å²) in [6, 6.07) is 6.57. The number of carbonyl (C=O) groups is 1.